The van der Waals surface area contributed by atoms with Gasteiger partial charge in [-0.25, -0.2) is 0 Å². The maximum absolute atomic E-state index is 13.9. The fourth-order valence-electron chi connectivity index (χ4n) is 9.69. The van der Waals surface area contributed by atoms with Crippen LogP contribution in [0, 0.1) is 28.6 Å². The molecule has 2 aromatic carbocycles. The molecule has 0 amide bonds. The molecule has 256 valence electrons. The standard InChI is InChI=1S/C36H38F3NO8/c1-33-11-10-22(42)13-20(33)6-8-24-26-15-30-35(29(44)17-41,34(26,2)16-27(43)31(24)33)48-32(46-30)25-14-23(7-9-28(25)47-36(37,38)39)45-18-19-4-3-5-21(40)12-19/h3-5,7,9-14,24,26-27,30-32,41,43H,6,8,15-18,40H2,1-2H3/t24-,26?,27-,30-,31?,32-,33-,34-,35-/m0/s1. The quantitative estimate of drug-likeness (QED) is 0.333. The van der Waals surface area contributed by atoms with Gasteiger partial charge in [-0.3, -0.25) is 9.59 Å². The third-order valence-electron chi connectivity index (χ3n) is 11.6. The molecule has 2 aromatic rings. The number of aliphatic hydroxyl groups excluding tert-OH is 2. The van der Waals surface area contributed by atoms with E-state index in [0.717, 1.165) is 17.2 Å². The number of rotatable bonds is 7. The predicted octanol–water partition coefficient (Wildman–Crippen LogP) is 5.35. The van der Waals surface area contributed by atoms with Crippen LogP contribution >= 0.6 is 0 Å². The van der Waals surface area contributed by atoms with Gasteiger partial charge in [-0.1, -0.05) is 37.6 Å². The number of carbonyl (C=O) groups is 2. The third kappa shape index (κ3) is 5.07. The van der Waals surface area contributed by atoms with E-state index in [9.17, 15) is 33.0 Å². The highest BCUT2D eigenvalue weighted by Crippen LogP contribution is 2.70. The molecule has 7 rings (SSSR count). The molecule has 3 saturated carbocycles. The number of anilines is 1. The number of ketones is 2. The number of hydrogen-bond acceptors (Lipinski definition) is 9. The van der Waals surface area contributed by atoms with E-state index in [1.165, 1.54) is 18.2 Å². The lowest BCUT2D eigenvalue weighted by molar-refractivity contribution is -0.275. The Morgan fingerprint density at radius 1 is 1.17 bits per heavy atom. The third-order valence-corrected chi connectivity index (χ3v) is 11.6. The second kappa shape index (κ2) is 11.4. The van der Waals surface area contributed by atoms with Crippen molar-refractivity contribution in [2.24, 2.45) is 28.6 Å². The first-order chi connectivity index (χ1) is 22.7. The van der Waals surface area contributed by atoms with Gasteiger partial charge >= 0.3 is 6.36 Å². The van der Waals surface area contributed by atoms with Crippen LogP contribution in [0.1, 0.15) is 56.9 Å². The highest BCUT2D eigenvalue weighted by Gasteiger charge is 2.76. The van der Waals surface area contributed by atoms with Gasteiger partial charge in [-0.2, -0.15) is 0 Å². The number of allylic oxidation sites excluding steroid dienone is 4. The summed E-state index contributed by atoms with van der Waals surface area (Å²) in [6.45, 7) is 3.07. The van der Waals surface area contributed by atoms with E-state index in [0.29, 0.717) is 24.9 Å². The number of carbonyl (C=O) groups excluding carboxylic acids is 2. The van der Waals surface area contributed by atoms with Crippen molar-refractivity contribution in [3.63, 3.8) is 0 Å². The fraction of sp³-hybridized carbons (Fsp3) is 0.500. The Kier molecular flexibility index (Phi) is 7.82. The SMILES string of the molecule is C[C@]12C=CC(=O)C=C1CC[C@@H]1C2[C@@H](O)C[C@@]2(C)C1C[C@@H]1O[C@H](c3cc(OCc4cccc(N)c4)ccc3OC(F)(F)F)O[C@@]12C(=O)CO. The minimum absolute atomic E-state index is 0.0747. The second-order valence-corrected chi connectivity index (χ2v) is 14.1. The highest BCUT2D eigenvalue weighted by molar-refractivity contribution is 6.01. The van der Waals surface area contributed by atoms with Crippen LogP contribution in [0.25, 0.3) is 0 Å². The number of Topliss-reactive ketones (excluding diaryl/α,β-unsaturated/α-hetero) is 1. The molecule has 12 heteroatoms. The minimum Gasteiger partial charge on any atom is -0.489 e. The number of nitrogen functional groups attached to an aromatic ring is 1. The molecule has 0 aromatic heterocycles. The molecule has 2 unspecified atom stereocenters. The van der Waals surface area contributed by atoms with Gasteiger partial charge < -0.3 is 34.9 Å². The van der Waals surface area contributed by atoms with E-state index < -0.39 is 59.4 Å². The summed E-state index contributed by atoms with van der Waals surface area (Å²) in [4.78, 5) is 26.1. The lowest BCUT2D eigenvalue weighted by atomic mass is 9.46. The largest absolute Gasteiger partial charge is 0.573 e. The number of nitrogens with two attached hydrogens (primary N) is 1. The molecule has 0 radical (unpaired) electrons. The number of aliphatic hydroxyl groups is 2. The zero-order chi connectivity index (χ0) is 34.2. The summed E-state index contributed by atoms with van der Waals surface area (Å²) in [5.74, 6) is -1.63. The van der Waals surface area contributed by atoms with Crippen LogP contribution in [0.3, 0.4) is 0 Å². The normalized spacial score (nSPS) is 36.8. The maximum atomic E-state index is 13.9. The van der Waals surface area contributed by atoms with Crippen molar-refractivity contribution < 1.29 is 51.9 Å². The Bertz CT molecular complexity index is 1710. The van der Waals surface area contributed by atoms with Crippen LogP contribution in [0.2, 0.25) is 0 Å². The summed E-state index contributed by atoms with van der Waals surface area (Å²) in [5.41, 5.74) is 4.62. The first-order valence-corrected chi connectivity index (χ1v) is 16.1. The number of halogens is 3. The monoisotopic (exact) mass is 669 g/mol. The Labute approximate surface area is 275 Å². The summed E-state index contributed by atoms with van der Waals surface area (Å²) >= 11 is 0. The number of fused-ring (bicyclic) bond motifs is 7. The van der Waals surface area contributed by atoms with Crippen molar-refractivity contribution in [3.8, 4) is 11.5 Å². The number of alkyl halides is 3. The van der Waals surface area contributed by atoms with Gasteiger partial charge in [0, 0.05) is 22.4 Å². The number of benzene rings is 2. The molecule has 4 fully saturated rings. The smallest absolute Gasteiger partial charge is 0.489 e. The van der Waals surface area contributed by atoms with E-state index in [1.54, 1.807) is 30.3 Å². The molecule has 1 saturated heterocycles. The molecular weight excluding hydrogens is 631 g/mol. The zero-order valence-corrected chi connectivity index (χ0v) is 26.5. The van der Waals surface area contributed by atoms with Crippen molar-refractivity contribution in [1.82, 2.24) is 0 Å². The summed E-state index contributed by atoms with van der Waals surface area (Å²) in [7, 11) is 0. The Morgan fingerprint density at radius 3 is 2.69 bits per heavy atom. The van der Waals surface area contributed by atoms with Gasteiger partial charge in [-0.05, 0) is 85.6 Å². The molecule has 9 nitrogen and oxygen atoms in total. The summed E-state index contributed by atoms with van der Waals surface area (Å²) < 4.78 is 63.9. The molecule has 4 N–H and O–H groups in total. The fourth-order valence-corrected chi connectivity index (χ4v) is 9.69. The van der Waals surface area contributed by atoms with E-state index in [1.807, 2.05) is 19.9 Å². The van der Waals surface area contributed by atoms with Gasteiger partial charge in [0.15, 0.2) is 23.5 Å². The first-order valence-electron chi connectivity index (χ1n) is 16.1. The average molecular weight is 670 g/mol. The molecule has 4 aliphatic carbocycles. The Balaban J connectivity index is 1.23. The van der Waals surface area contributed by atoms with Gasteiger partial charge in [0.1, 0.15) is 24.7 Å². The van der Waals surface area contributed by atoms with Crippen LogP contribution < -0.4 is 15.2 Å². The van der Waals surface area contributed by atoms with Crippen LogP contribution in [-0.4, -0.2) is 52.6 Å². The van der Waals surface area contributed by atoms with Gasteiger partial charge in [0.2, 0.25) is 0 Å². The highest BCUT2D eigenvalue weighted by atomic mass is 19.4. The predicted molar refractivity (Wildman–Crippen MR) is 165 cm³/mol. The lowest BCUT2D eigenvalue weighted by Gasteiger charge is -2.59. The Hall–Kier alpha value is -3.71. The Morgan fingerprint density at radius 2 is 1.96 bits per heavy atom. The summed E-state index contributed by atoms with van der Waals surface area (Å²) in [6.07, 6.45) is -1.51. The van der Waals surface area contributed by atoms with Crippen molar-refractivity contribution in [3.05, 3.63) is 77.4 Å². The molecule has 0 spiro atoms. The molecule has 1 aliphatic heterocycles. The number of ether oxygens (including phenoxy) is 4. The lowest BCUT2D eigenvalue weighted by Crippen LogP contribution is -2.63. The van der Waals surface area contributed by atoms with Crippen molar-refractivity contribution in [2.45, 2.75) is 76.6 Å². The van der Waals surface area contributed by atoms with Crippen LogP contribution in [0.15, 0.2) is 66.3 Å². The first kappa shape index (κ1) is 32.8. The van der Waals surface area contributed by atoms with Crippen molar-refractivity contribution in [2.75, 3.05) is 12.3 Å². The molecule has 0 bridgehead atoms. The van der Waals surface area contributed by atoms with E-state index >= 15 is 0 Å². The second-order valence-electron chi connectivity index (χ2n) is 14.1. The topological polar surface area (TPSA) is 138 Å². The van der Waals surface area contributed by atoms with Crippen LogP contribution in [0.5, 0.6) is 11.5 Å². The van der Waals surface area contributed by atoms with E-state index in [2.05, 4.69) is 4.74 Å². The maximum Gasteiger partial charge on any atom is 0.573 e. The van der Waals surface area contributed by atoms with Crippen molar-refractivity contribution >= 4 is 17.3 Å². The van der Waals surface area contributed by atoms with Crippen LogP contribution in [-0.2, 0) is 25.7 Å². The summed E-state index contributed by atoms with van der Waals surface area (Å²) in [5, 5.41) is 22.1. The van der Waals surface area contributed by atoms with Crippen molar-refractivity contribution in [1.29, 1.82) is 0 Å². The zero-order valence-electron chi connectivity index (χ0n) is 26.5. The molecular formula is C36H38F3NO8. The molecule has 9 atom stereocenters. The van der Waals surface area contributed by atoms with E-state index in [4.69, 9.17) is 19.9 Å². The average Bonchev–Trinajstić information content (AvgIpc) is 3.52. The molecule has 1 heterocycles. The van der Waals surface area contributed by atoms with Crippen LogP contribution in [0.4, 0.5) is 18.9 Å². The van der Waals surface area contributed by atoms with Gasteiger partial charge in [0.05, 0.1) is 17.8 Å². The molecule has 48 heavy (non-hydrogen) atoms. The molecule has 5 aliphatic rings. The number of hydrogen-bond donors (Lipinski definition) is 3. The van der Waals surface area contributed by atoms with Gasteiger partial charge in [0.25, 0.3) is 0 Å². The van der Waals surface area contributed by atoms with Gasteiger partial charge in [-0.15, -0.1) is 13.2 Å². The van der Waals surface area contributed by atoms with E-state index in [-0.39, 0.29) is 47.9 Å². The summed E-state index contributed by atoms with van der Waals surface area (Å²) in [6, 6.07) is 10.7. The minimum atomic E-state index is -5.03.